The first kappa shape index (κ1) is 20.7. The largest absolute Gasteiger partial charge is 0.435 e. The van der Waals surface area contributed by atoms with E-state index in [1.165, 1.54) is 24.3 Å². The molecule has 0 spiro atoms. The summed E-state index contributed by atoms with van der Waals surface area (Å²) >= 11 is 5.92. The number of anilines is 1. The molecule has 0 aliphatic rings. The fraction of sp³-hybridized carbons (Fsp3) is 0.111. The molecule has 1 amide bonds. The highest BCUT2D eigenvalue weighted by Gasteiger charge is 2.42. The van der Waals surface area contributed by atoms with Crippen molar-refractivity contribution < 1.29 is 31.1 Å². The summed E-state index contributed by atoms with van der Waals surface area (Å²) in [6, 6.07) is 10.8. The number of amides is 1. The van der Waals surface area contributed by atoms with Gasteiger partial charge in [-0.05, 0) is 36.4 Å². The number of halogens is 7. The van der Waals surface area contributed by atoms with Crippen LogP contribution in [0.1, 0.15) is 21.7 Å². The fourth-order valence-electron chi connectivity index (χ4n) is 2.45. The topological polar surface area (TPSA) is 46.9 Å². The Morgan fingerprint density at radius 3 is 2.10 bits per heavy atom. The van der Waals surface area contributed by atoms with E-state index in [1.54, 1.807) is 12.1 Å². The molecule has 0 fully saturated rings. The van der Waals surface area contributed by atoms with Crippen molar-refractivity contribution in [3.8, 4) is 5.69 Å². The van der Waals surface area contributed by atoms with Crippen LogP contribution in [0.2, 0.25) is 5.02 Å². The lowest BCUT2D eigenvalue weighted by atomic mass is 10.2. The Morgan fingerprint density at radius 2 is 1.55 bits per heavy atom. The number of alkyl halides is 6. The first-order valence-corrected chi connectivity index (χ1v) is 8.25. The smallest absolute Gasteiger partial charge is 0.322 e. The minimum absolute atomic E-state index is 0.0624. The molecule has 152 valence electrons. The van der Waals surface area contributed by atoms with Gasteiger partial charge in [0.1, 0.15) is 5.69 Å². The normalized spacial score (nSPS) is 12.1. The van der Waals surface area contributed by atoms with Gasteiger partial charge < -0.3 is 5.32 Å². The highest BCUT2D eigenvalue weighted by molar-refractivity contribution is 6.34. The fourth-order valence-corrected chi connectivity index (χ4v) is 2.67. The summed E-state index contributed by atoms with van der Waals surface area (Å²) in [6.07, 6.45) is -10.1. The zero-order valence-electron chi connectivity index (χ0n) is 14.1. The van der Waals surface area contributed by atoms with Gasteiger partial charge >= 0.3 is 12.4 Å². The predicted molar refractivity (Wildman–Crippen MR) is 93.0 cm³/mol. The van der Waals surface area contributed by atoms with Crippen molar-refractivity contribution in [3.05, 3.63) is 76.6 Å². The number of nitrogens with zero attached hydrogens (tertiary/aromatic N) is 2. The molecule has 0 aliphatic heterocycles. The number of hydrogen-bond donors (Lipinski definition) is 1. The van der Waals surface area contributed by atoms with Gasteiger partial charge in [0.15, 0.2) is 5.69 Å². The third kappa shape index (κ3) is 4.53. The van der Waals surface area contributed by atoms with Crippen molar-refractivity contribution in [1.82, 2.24) is 9.78 Å². The highest BCUT2D eigenvalue weighted by Crippen LogP contribution is 2.36. The summed E-state index contributed by atoms with van der Waals surface area (Å²) < 4.78 is 77.9. The minimum atomic E-state index is -5.05. The van der Waals surface area contributed by atoms with Crippen LogP contribution in [0.4, 0.5) is 32.0 Å². The molecular formula is C18H10ClF6N3O. The molecule has 1 heterocycles. The van der Waals surface area contributed by atoms with Crippen LogP contribution >= 0.6 is 11.6 Å². The van der Waals surface area contributed by atoms with E-state index in [-0.39, 0.29) is 32.7 Å². The highest BCUT2D eigenvalue weighted by atomic mass is 35.5. The molecule has 0 saturated heterocycles. The summed E-state index contributed by atoms with van der Waals surface area (Å²) in [6.45, 7) is 0. The molecule has 4 nitrogen and oxygen atoms in total. The molecule has 0 radical (unpaired) electrons. The van der Waals surface area contributed by atoms with Crippen LogP contribution in [0, 0.1) is 0 Å². The van der Waals surface area contributed by atoms with E-state index in [4.69, 9.17) is 11.6 Å². The van der Waals surface area contributed by atoms with E-state index in [1.807, 2.05) is 0 Å². The first-order chi connectivity index (χ1) is 13.5. The SMILES string of the molecule is O=C(Nc1ccc(-n2nc(C(F)(F)F)cc2C(F)(F)F)cc1)c1ccccc1Cl. The van der Waals surface area contributed by atoms with Gasteiger partial charge in [0.05, 0.1) is 16.3 Å². The van der Waals surface area contributed by atoms with Gasteiger partial charge in [-0.25, -0.2) is 4.68 Å². The maximum Gasteiger partial charge on any atom is 0.435 e. The minimum Gasteiger partial charge on any atom is -0.322 e. The van der Waals surface area contributed by atoms with Crippen LogP contribution in [0.3, 0.4) is 0 Å². The van der Waals surface area contributed by atoms with Gasteiger partial charge in [-0.2, -0.15) is 31.4 Å². The van der Waals surface area contributed by atoms with Gasteiger partial charge in [0, 0.05) is 11.8 Å². The molecule has 1 aromatic heterocycles. The van der Waals surface area contributed by atoms with Crippen molar-refractivity contribution in [2.24, 2.45) is 0 Å². The summed E-state index contributed by atoms with van der Waals surface area (Å²) in [5, 5.41) is 5.73. The maximum atomic E-state index is 13.1. The lowest BCUT2D eigenvalue weighted by Gasteiger charge is -2.11. The predicted octanol–water partition coefficient (Wildman–Crippen LogP) is 5.82. The zero-order chi connectivity index (χ0) is 21.4. The Morgan fingerprint density at radius 1 is 0.931 bits per heavy atom. The van der Waals surface area contributed by atoms with Crippen molar-refractivity contribution in [1.29, 1.82) is 0 Å². The van der Waals surface area contributed by atoms with Gasteiger partial charge in [0.2, 0.25) is 0 Å². The summed E-state index contributed by atoms with van der Waals surface area (Å²) in [5.74, 6) is -0.558. The number of aromatic nitrogens is 2. The number of carbonyl (C=O) groups excluding carboxylic acids is 1. The Balaban J connectivity index is 1.90. The lowest BCUT2D eigenvalue weighted by molar-refractivity contribution is -0.143. The molecule has 3 aromatic rings. The van der Waals surface area contributed by atoms with Crippen LogP contribution in [0.5, 0.6) is 0 Å². The third-order valence-corrected chi connectivity index (χ3v) is 4.11. The molecule has 11 heteroatoms. The van der Waals surface area contributed by atoms with Crippen LogP contribution in [-0.2, 0) is 12.4 Å². The number of nitrogens with one attached hydrogen (secondary N) is 1. The van der Waals surface area contributed by atoms with Gasteiger partial charge in [-0.15, -0.1) is 0 Å². The van der Waals surface area contributed by atoms with E-state index in [0.717, 1.165) is 12.1 Å². The van der Waals surface area contributed by atoms with E-state index < -0.39 is 29.6 Å². The van der Waals surface area contributed by atoms with E-state index in [0.29, 0.717) is 0 Å². The Bertz CT molecular complexity index is 1040. The second-order valence-corrected chi connectivity index (χ2v) is 6.21. The van der Waals surface area contributed by atoms with Crippen molar-refractivity contribution in [3.63, 3.8) is 0 Å². The van der Waals surface area contributed by atoms with Crippen LogP contribution < -0.4 is 5.32 Å². The average molecular weight is 434 g/mol. The number of benzene rings is 2. The van der Waals surface area contributed by atoms with Crippen molar-refractivity contribution in [2.75, 3.05) is 5.32 Å². The monoisotopic (exact) mass is 433 g/mol. The first-order valence-electron chi connectivity index (χ1n) is 7.87. The second-order valence-electron chi connectivity index (χ2n) is 5.80. The van der Waals surface area contributed by atoms with Gasteiger partial charge in [-0.3, -0.25) is 4.79 Å². The molecule has 0 bridgehead atoms. The van der Waals surface area contributed by atoms with Gasteiger partial charge in [-0.1, -0.05) is 23.7 Å². The average Bonchev–Trinajstić information content (AvgIpc) is 3.09. The number of rotatable bonds is 3. The summed E-state index contributed by atoms with van der Waals surface area (Å²) in [7, 11) is 0. The molecule has 3 rings (SSSR count). The molecular weight excluding hydrogens is 424 g/mol. The van der Waals surface area contributed by atoms with Crippen molar-refractivity contribution in [2.45, 2.75) is 12.4 Å². The standard InChI is InChI=1S/C18H10ClF6N3O/c19-13-4-2-1-3-12(13)16(29)26-10-5-7-11(8-6-10)28-15(18(23,24)25)9-14(27-28)17(20,21)22/h1-9H,(H,26,29). The zero-order valence-corrected chi connectivity index (χ0v) is 14.9. The quantitative estimate of drug-likeness (QED) is 0.529. The third-order valence-electron chi connectivity index (χ3n) is 3.78. The molecule has 1 N–H and O–H groups in total. The maximum absolute atomic E-state index is 13.1. The van der Waals surface area contributed by atoms with Crippen LogP contribution in [0.15, 0.2) is 54.6 Å². The lowest BCUT2D eigenvalue weighted by Crippen LogP contribution is -2.14. The second kappa shape index (κ2) is 7.43. The number of carbonyl (C=O) groups is 1. The molecule has 0 aliphatic carbocycles. The molecule has 2 aromatic carbocycles. The van der Waals surface area contributed by atoms with E-state index in [9.17, 15) is 31.1 Å². The molecule has 29 heavy (non-hydrogen) atoms. The van der Waals surface area contributed by atoms with E-state index >= 15 is 0 Å². The Hall–Kier alpha value is -3.01. The van der Waals surface area contributed by atoms with Crippen LogP contribution in [0.25, 0.3) is 5.69 Å². The Labute approximate surface area is 164 Å². The van der Waals surface area contributed by atoms with Gasteiger partial charge in [0.25, 0.3) is 5.91 Å². The summed E-state index contributed by atoms with van der Waals surface area (Å²) in [5.41, 5.74) is -3.11. The molecule has 0 unspecified atom stereocenters. The Kier molecular flexibility index (Phi) is 5.31. The molecule has 0 saturated carbocycles. The van der Waals surface area contributed by atoms with Crippen LogP contribution in [-0.4, -0.2) is 15.7 Å². The summed E-state index contributed by atoms with van der Waals surface area (Å²) in [4.78, 5) is 12.2. The molecule has 0 atom stereocenters. The van der Waals surface area contributed by atoms with E-state index in [2.05, 4.69) is 10.4 Å². The number of hydrogen-bond acceptors (Lipinski definition) is 2. The van der Waals surface area contributed by atoms with Crippen molar-refractivity contribution >= 4 is 23.2 Å².